The molecule has 0 fully saturated rings. The molecule has 1 N–H and O–H groups in total. The van der Waals surface area contributed by atoms with Gasteiger partial charge in [-0.3, -0.25) is 5.43 Å². The molecule has 9 heteroatoms. The summed E-state index contributed by atoms with van der Waals surface area (Å²) < 4.78 is 44.3. The number of hydrazone groups is 1. The highest BCUT2D eigenvalue weighted by Crippen LogP contribution is 2.29. The normalized spacial score (nSPS) is 11.3. The van der Waals surface area contributed by atoms with Gasteiger partial charge in [-0.2, -0.15) is 23.5 Å². The Kier molecular flexibility index (Phi) is 6.89. The molecule has 0 amide bonds. The molecule has 152 valence electrons. The van der Waals surface area contributed by atoms with E-state index in [-0.39, 0.29) is 12.4 Å². The second-order valence-corrected chi connectivity index (χ2v) is 7.21. The minimum absolute atomic E-state index is 0.199. The van der Waals surface area contributed by atoms with Crippen LogP contribution >= 0.6 is 22.6 Å². The zero-order chi connectivity index (χ0) is 21.6. The smallest absolute Gasteiger partial charge is 0.417 e. The minimum Gasteiger partial charge on any atom is -0.488 e. The Morgan fingerprint density at radius 3 is 2.63 bits per heavy atom. The number of halogens is 4. The fraction of sp³-hybridized carbons (Fsp3) is 0.0952. The topological polar surface area (TPSA) is 70.3 Å². The number of anilines is 1. The van der Waals surface area contributed by atoms with Gasteiger partial charge in [0.2, 0.25) is 0 Å². The van der Waals surface area contributed by atoms with Crippen LogP contribution in [0.25, 0.3) is 0 Å². The first-order valence-corrected chi connectivity index (χ1v) is 9.67. The fourth-order valence-electron chi connectivity index (χ4n) is 2.43. The van der Waals surface area contributed by atoms with Crippen molar-refractivity contribution in [2.45, 2.75) is 12.8 Å². The van der Waals surface area contributed by atoms with Gasteiger partial charge in [0, 0.05) is 11.8 Å². The number of nitrogens with one attached hydrogen (secondary N) is 1. The highest BCUT2D eigenvalue weighted by molar-refractivity contribution is 14.1. The number of hydrogen-bond donors (Lipinski definition) is 1. The van der Waals surface area contributed by atoms with Crippen molar-refractivity contribution in [3.8, 4) is 11.8 Å². The van der Waals surface area contributed by atoms with Gasteiger partial charge in [-0.05, 0) is 64.6 Å². The van der Waals surface area contributed by atoms with Crippen molar-refractivity contribution < 1.29 is 17.9 Å². The Hall–Kier alpha value is -3.13. The Morgan fingerprint density at radius 2 is 1.97 bits per heavy atom. The van der Waals surface area contributed by atoms with E-state index in [1.165, 1.54) is 12.3 Å². The summed E-state index contributed by atoms with van der Waals surface area (Å²) in [6.07, 6.45) is -2.15. The molecule has 30 heavy (non-hydrogen) atoms. The monoisotopic (exact) mass is 522 g/mol. The summed E-state index contributed by atoms with van der Waals surface area (Å²) in [5.74, 6) is 0.864. The number of aromatic nitrogens is 1. The van der Waals surface area contributed by atoms with Crippen molar-refractivity contribution in [3.63, 3.8) is 0 Å². The van der Waals surface area contributed by atoms with Gasteiger partial charge >= 0.3 is 6.18 Å². The number of benzene rings is 2. The quantitative estimate of drug-likeness (QED) is 0.260. The van der Waals surface area contributed by atoms with E-state index in [0.29, 0.717) is 11.3 Å². The molecule has 5 nitrogen and oxygen atoms in total. The van der Waals surface area contributed by atoms with Gasteiger partial charge in [0.1, 0.15) is 18.2 Å². The van der Waals surface area contributed by atoms with Crippen LogP contribution in [0, 0.1) is 14.9 Å². The van der Waals surface area contributed by atoms with Gasteiger partial charge < -0.3 is 4.74 Å². The molecule has 0 saturated heterocycles. The van der Waals surface area contributed by atoms with Crippen molar-refractivity contribution in [1.82, 2.24) is 4.98 Å². The second kappa shape index (κ2) is 9.58. The van der Waals surface area contributed by atoms with Crippen molar-refractivity contribution in [3.05, 3.63) is 86.6 Å². The summed E-state index contributed by atoms with van der Waals surface area (Å²) >= 11 is 2.13. The molecular formula is C21H14F3IN4O. The molecule has 0 bridgehead atoms. The number of nitriles is 1. The van der Waals surface area contributed by atoms with Crippen LogP contribution in [-0.4, -0.2) is 11.2 Å². The molecule has 0 unspecified atom stereocenters. The first-order chi connectivity index (χ1) is 14.4. The molecule has 2 aromatic carbocycles. The Morgan fingerprint density at radius 1 is 1.17 bits per heavy atom. The molecule has 1 heterocycles. The van der Waals surface area contributed by atoms with Gasteiger partial charge in [0.25, 0.3) is 0 Å². The first kappa shape index (κ1) is 21.6. The maximum absolute atomic E-state index is 12.5. The third kappa shape index (κ3) is 5.70. The Balaban J connectivity index is 1.60. The van der Waals surface area contributed by atoms with Crippen molar-refractivity contribution >= 4 is 34.6 Å². The molecule has 0 saturated carbocycles. The van der Waals surface area contributed by atoms with Gasteiger partial charge in [-0.15, -0.1) is 0 Å². The number of alkyl halides is 3. The summed E-state index contributed by atoms with van der Waals surface area (Å²) in [4.78, 5) is 3.69. The molecule has 0 aliphatic rings. The van der Waals surface area contributed by atoms with Crippen molar-refractivity contribution in [2.75, 3.05) is 5.43 Å². The van der Waals surface area contributed by atoms with E-state index >= 15 is 0 Å². The number of nitrogens with zero attached hydrogens (tertiary/aromatic N) is 3. The standard InChI is InChI=1S/C21H14F3IN4O/c22-21(23,24)17-6-8-20(27-12-17)29-28-11-14-5-7-19(18(25)9-14)30-13-16-4-2-1-3-15(16)10-26/h1-9,11-12H,13H2,(H,27,29)/b28-11-. The maximum atomic E-state index is 12.5. The van der Waals surface area contributed by atoms with E-state index in [9.17, 15) is 13.2 Å². The summed E-state index contributed by atoms with van der Waals surface area (Å²) in [6.45, 7) is 0.272. The number of pyridine rings is 1. The molecular weight excluding hydrogens is 508 g/mol. The average Bonchev–Trinajstić information content (AvgIpc) is 2.73. The van der Waals surface area contributed by atoms with Gasteiger partial charge in [-0.25, -0.2) is 4.98 Å². The van der Waals surface area contributed by atoms with Crippen molar-refractivity contribution in [1.29, 1.82) is 5.26 Å². The zero-order valence-corrected chi connectivity index (χ0v) is 17.5. The maximum Gasteiger partial charge on any atom is 0.417 e. The van der Waals surface area contributed by atoms with E-state index in [2.05, 4.69) is 44.2 Å². The third-order valence-corrected chi connectivity index (χ3v) is 4.80. The SMILES string of the molecule is N#Cc1ccccc1COc1ccc(/C=N\Nc2ccc(C(F)(F)F)cn2)cc1I. The molecule has 1 aromatic heterocycles. The second-order valence-electron chi connectivity index (χ2n) is 6.05. The average molecular weight is 522 g/mol. The van der Waals surface area contributed by atoms with Gasteiger partial charge in [0.05, 0.1) is 27.0 Å². The predicted octanol–water partition coefficient (Wildman–Crippen LogP) is 5.60. The largest absolute Gasteiger partial charge is 0.488 e. The fourth-order valence-corrected chi connectivity index (χ4v) is 3.12. The molecule has 0 aliphatic heterocycles. The van der Waals surface area contributed by atoms with Crippen LogP contribution in [-0.2, 0) is 12.8 Å². The lowest BCUT2D eigenvalue weighted by molar-refractivity contribution is -0.137. The highest BCUT2D eigenvalue weighted by Gasteiger charge is 2.30. The zero-order valence-electron chi connectivity index (χ0n) is 15.3. The van der Waals surface area contributed by atoms with E-state index in [0.717, 1.165) is 27.0 Å². The van der Waals surface area contributed by atoms with Crippen LogP contribution in [0.2, 0.25) is 0 Å². The van der Waals surface area contributed by atoms with E-state index in [4.69, 9.17) is 10.00 Å². The minimum atomic E-state index is -4.42. The molecule has 0 atom stereocenters. The number of hydrogen-bond acceptors (Lipinski definition) is 5. The van der Waals surface area contributed by atoms with Crippen molar-refractivity contribution in [2.24, 2.45) is 5.10 Å². The lowest BCUT2D eigenvalue weighted by Gasteiger charge is -2.10. The van der Waals surface area contributed by atoms with Crippen LogP contribution < -0.4 is 10.2 Å². The highest BCUT2D eigenvalue weighted by atomic mass is 127. The molecule has 0 radical (unpaired) electrons. The van der Waals surface area contributed by atoms with Gasteiger partial charge in [0.15, 0.2) is 0 Å². The molecule has 3 aromatic rings. The van der Waals surface area contributed by atoms with E-state index in [1.807, 2.05) is 18.2 Å². The molecule has 3 rings (SSSR count). The summed E-state index contributed by atoms with van der Waals surface area (Å²) in [6, 6.07) is 16.9. The van der Waals surface area contributed by atoms with E-state index in [1.54, 1.807) is 24.3 Å². The summed E-state index contributed by atoms with van der Waals surface area (Å²) in [5, 5.41) is 13.1. The van der Waals surface area contributed by atoms with E-state index < -0.39 is 11.7 Å². The van der Waals surface area contributed by atoms with Crippen LogP contribution in [0.1, 0.15) is 22.3 Å². The number of rotatable bonds is 6. The van der Waals surface area contributed by atoms with Crippen LogP contribution in [0.4, 0.5) is 19.0 Å². The van der Waals surface area contributed by atoms with Crippen LogP contribution in [0.5, 0.6) is 5.75 Å². The molecule has 0 spiro atoms. The lowest BCUT2D eigenvalue weighted by atomic mass is 10.1. The lowest BCUT2D eigenvalue weighted by Crippen LogP contribution is -2.05. The Labute approximate surface area is 184 Å². The molecule has 0 aliphatic carbocycles. The van der Waals surface area contributed by atoms with Crippen LogP contribution in [0.15, 0.2) is 65.9 Å². The number of ether oxygens (including phenoxy) is 1. The van der Waals surface area contributed by atoms with Gasteiger partial charge in [-0.1, -0.05) is 18.2 Å². The predicted molar refractivity (Wildman–Crippen MR) is 115 cm³/mol. The third-order valence-electron chi connectivity index (χ3n) is 3.96. The summed E-state index contributed by atoms with van der Waals surface area (Å²) in [5.41, 5.74) is 3.91. The van der Waals surface area contributed by atoms with Crippen LogP contribution in [0.3, 0.4) is 0 Å². The Bertz CT molecular complexity index is 1090. The first-order valence-electron chi connectivity index (χ1n) is 8.59. The summed E-state index contributed by atoms with van der Waals surface area (Å²) in [7, 11) is 0.